The maximum Gasteiger partial charge on any atom is 0.412 e. The van der Waals surface area contributed by atoms with E-state index in [2.05, 4.69) is 31.5 Å². The van der Waals surface area contributed by atoms with Gasteiger partial charge in [-0.05, 0) is 101 Å². The average Bonchev–Trinajstić information content (AvgIpc) is 3.27. The van der Waals surface area contributed by atoms with Gasteiger partial charge in [0.1, 0.15) is 23.1 Å². The molecule has 64 heavy (non-hydrogen) atoms. The van der Waals surface area contributed by atoms with E-state index in [0.717, 1.165) is 56.1 Å². The Bertz CT molecular complexity index is 1660. The van der Waals surface area contributed by atoms with E-state index in [1.165, 1.54) is 44.9 Å². The lowest BCUT2D eigenvalue weighted by molar-refractivity contribution is -0.255. The van der Waals surface area contributed by atoms with Crippen molar-refractivity contribution in [1.29, 1.82) is 0 Å². The van der Waals surface area contributed by atoms with E-state index in [0.29, 0.717) is 56.0 Å². The maximum absolute atomic E-state index is 14.2. The zero-order valence-corrected chi connectivity index (χ0v) is 40.1. The van der Waals surface area contributed by atoms with Gasteiger partial charge in [-0.25, -0.2) is 9.59 Å². The van der Waals surface area contributed by atoms with Crippen LogP contribution in [0.3, 0.4) is 0 Å². The summed E-state index contributed by atoms with van der Waals surface area (Å²) in [6.07, 6.45) is 22.9. The first-order valence-electron chi connectivity index (χ1n) is 24.7. The lowest BCUT2D eigenvalue weighted by Gasteiger charge is -2.60. The molecule has 1 saturated carbocycles. The first kappa shape index (κ1) is 52.8. The highest BCUT2D eigenvalue weighted by atomic mass is 16.7. The minimum absolute atomic E-state index is 0.0245. The van der Waals surface area contributed by atoms with Crippen LogP contribution in [0.2, 0.25) is 0 Å². The Balaban J connectivity index is 1.79. The third-order valence-electron chi connectivity index (χ3n) is 12.7. The Morgan fingerprint density at radius 1 is 0.922 bits per heavy atom. The summed E-state index contributed by atoms with van der Waals surface area (Å²) >= 11 is 0. The lowest BCUT2D eigenvalue weighted by atomic mass is 9.55. The number of fused-ring (bicyclic) bond motifs is 2. The molecule has 12 nitrogen and oxygen atoms in total. The Kier molecular flexibility index (Phi) is 22.7. The zero-order valence-electron chi connectivity index (χ0n) is 40.1. The predicted molar refractivity (Wildman–Crippen MR) is 255 cm³/mol. The molecule has 2 amide bonds. The summed E-state index contributed by atoms with van der Waals surface area (Å²) in [4.78, 5) is 35.5. The molecule has 1 aromatic rings. The predicted octanol–water partition coefficient (Wildman–Crippen LogP) is 11.6. The van der Waals surface area contributed by atoms with Crippen LogP contribution in [0, 0.1) is 17.8 Å². The van der Waals surface area contributed by atoms with E-state index in [1.807, 2.05) is 39.8 Å². The molecule has 0 bridgehead atoms. The molecular formula is C52H83N3O9. The van der Waals surface area contributed by atoms with E-state index in [-0.39, 0.29) is 50.6 Å². The Morgan fingerprint density at radius 3 is 2.25 bits per heavy atom. The summed E-state index contributed by atoms with van der Waals surface area (Å²) in [6, 6.07) is 4.85. The van der Waals surface area contributed by atoms with Crippen LogP contribution in [-0.2, 0) is 14.3 Å². The number of ether oxygens (including phenoxy) is 4. The van der Waals surface area contributed by atoms with Crippen LogP contribution in [0.25, 0.3) is 0 Å². The number of hydrogen-bond acceptors (Lipinski definition) is 10. The van der Waals surface area contributed by atoms with Crippen LogP contribution in [-0.4, -0.2) is 90.0 Å². The molecule has 1 fully saturated rings. The number of carbonyl (C=O) groups excluding carboxylic acids is 2. The number of rotatable bonds is 30. The maximum atomic E-state index is 14.2. The normalized spacial score (nSPS) is 23.0. The van der Waals surface area contributed by atoms with Crippen molar-refractivity contribution in [2.45, 2.75) is 180 Å². The van der Waals surface area contributed by atoms with Crippen molar-refractivity contribution in [3.63, 3.8) is 0 Å². The largest absolute Gasteiger partial charge is 0.459 e. The summed E-state index contributed by atoms with van der Waals surface area (Å²) in [6.45, 7) is 19.4. The number of oxime groups is 1. The second kappa shape index (κ2) is 27.6. The number of hydrogen-bond donors (Lipinski definition) is 3. The van der Waals surface area contributed by atoms with Crippen molar-refractivity contribution in [2.75, 3.05) is 39.5 Å². The van der Waals surface area contributed by atoms with E-state index in [9.17, 15) is 19.8 Å². The molecule has 1 aromatic carbocycles. The summed E-state index contributed by atoms with van der Waals surface area (Å²) < 4.78 is 26.2. The minimum Gasteiger partial charge on any atom is -0.459 e. The van der Waals surface area contributed by atoms with Crippen LogP contribution in [0.4, 0.5) is 9.59 Å². The number of benzene rings is 1. The standard InChI is InChI=1S/C52H83N3O9/c1-8-12-14-15-16-17-18-19-20-23-30-53-49(58)62-40-28-29-45-43(37-40)47-41(27-22-25-33-57)39(26-21-24-32-56)36-42-44(54-64-51(5,6)7)38-46(52(63-45,48(42)47)61-34-11-4)55(31-10-3)50(59)60-35-13-9-2/h9,11,28-29,36-37,39,41,46-48,56-57H,2,4,8,10,12-27,30-35,38H2,1,3,5-7H3,(H,53,58)/t39-,41+,46-,47+,48+,52+/m0/s1. The summed E-state index contributed by atoms with van der Waals surface area (Å²) in [5.41, 5.74) is 1.92. The van der Waals surface area contributed by atoms with Gasteiger partial charge >= 0.3 is 12.2 Å². The minimum atomic E-state index is -1.41. The summed E-state index contributed by atoms with van der Waals surface area (Å²) in [5, 5.41) is 27.7. The molecule has 0 saturated heterocycles. The van der Waals surface area contributed by atoms with E-state index in [1.54, 1.807) is 23.1 Å². The molecule has 2 aliphatic carbocycles. The molecule has 0 radical (unpaired) electrons. The van der Waals surface area contributed by atoms with Gasteiger partial charge in [-0.1, -0.05) is 108 Å². The van der Waals surface area contributed by atoms with Crippen LogP contribution < -0.4 is 14.8 Å². The number of nitrogens with one attached hydrogen (secondary N) is 1. The number of nitrogens with zero attached hydrogens (tertiary/aromatic N) is 2. The van der Waals surface area contributed by atoms with E-state index in [4.69, 9.17) is 28.9 Å². The smallest absolute Gasteiger partial charge is 0.412 e. The average molecular weight is 894 g/mol. The lowest BCUT2D eigenvalue weighted by Crippen LogP contribution is -2.70. The Hall–Kier alpha value is -3.87. The number of aliphatic hydroxyl groups excluding tert-OH is 2. The number of aliphatic hydroxyl groups is 2. The molecule has 0 spiro atoms. The van der Waals surface area contributed by atoms with E-state index < -0.39 is 35.5 Å². The van der Waals surface area contributed by atoms with Gasteiger partial charge in [-0.15, -0.1) is 13.2 Å². The van der Waals surface area contributed by atoms with Gasteiger partial charge < -0.3 is 39.3 Å². The van der Waals surface area contributed by atoms with Crippen molar-refractivity contribution in [3.8, 4) is 11.5 Å². The third kappa shape index (κ3) is 15.1. The topological polar surface area (TPSA) is 148 Å². The van der Waals surface area contributed by atoms with Crippen molar-refractivity contribution in [3.05, 3.63) is 60.7 Å². The molecule has 6 atom stereocenters. The quantitative estimate of drug-likeness (QED) is 0.0390. The third-order valence-corrected chi connectivity index (χ3v) is 12.7. The Morgan fingerprint density at radius 2 is 1.61 bits per heavy atom. The fraction of sp³-hybridized carbons (Fsp3) is 0.712. The Labute approximate surface area is 385 Å². The van der Waals surface area contributed by atoms with Crippen LogP contribution in [0.1, 0.15) is 168 Å². The van der Waals surface area contributed by atoms with Crippen LogP contribution >= 0.6 is 0 Å². The summed E-state index contributed by atoms with van der Waals surface area (Å²) in [7, 11) is 0. The van der Waals surface area contributed by atoms with Gasteiger partial charge in [0.05, 0.1) is 24.8 Å². The number of unbranched alkanes of at least 4 members (excludes halogenated alkanes) is 11. The highest BCUT2D eigenvalue weighted by Crippen LogP contribution is 2.62. The van der Waals surface area contributed by atoms with Gasteiger partial charge in [0, 0.05) is 44.2 Å². The zero-order chi connectivity index (χ0) is 46.4. The van der Waals surface area contributed by atoms with Crippen LogP contribution in [0.5, 0.6) is 11.5 Å². The molecular weight excluding hydrogens is 811 g/mol. The van der Waals surface area contributed by atoms with Gasteiger partial charge in [-0.3, -0.25) is 4.90 Å². The molecule has 1 heterocycles. The molecule has 3 N–H and O–H groups in total. The molecule has 360 valence electrons. The first-order valence-corrected chi connectivity index (χ1v) is 24.7. The van der Waals surface area contributed by atoms with Gasteiger partial charge in [0.15, 0.2) is 0 Å². The molecule has 12 heteroatoms. The number of carbonyl (C=O) groups is 2. The SMILES string of the molecule is C=CCCOC(=O)N(CCC)[C@H]1CC(=NOC(C)(C)C)C2=C[C@H](CCCCO)[C@@H](CCCCO)[C@@H]3c4cc(OC(=O)NCCCCCCCCCCCC)ccc4O[C@@]1(OCC=C)[C@H]23. The fourth-order valence-electron chi connectivity index (χ4n) is 9.78. The van der Waals surface area contributed by atoms with Gasteiger partial charge in [0.2, 0.25) is 5.79 Å². The molecule has 4 rings (SSSR count). The highest BCUT2D eigenvalue weighted by molar-refractivity contribution is 6.03. The van der Waals surface area contributed by atoms with Crippen molar-refractivity contribution >= 4 is 17.9 Å². The van der Waals surface area contributed by atoms with Gasteiger partial charge in [-0.2, -0.15) is 0 Å². The second-order valence-electron chi connectivity index (χ2n) is 18.9. The van der Waals surface area contributed by atoms with Crippen molar-refractivity contribution in [1.82, 2.24) is 10.2 Å². The summed E-state index contributed by atoms with van der Waals surface area (Å²) in [5.74, 6) is -1.09. The van der Waals surface area contributed by atoms with E-state index >= 15 is 0 Å². The second-order valence-corrected chi connectivity index (χ2v) is 18.9. The monoisotopic (exact) mass is 894 g/mol. The number of amides is 2. The number of allylic oxidation sites excluding steroid dienone is 1. The highest BCUT2D eigenvalue weighted by Gasteiger charge is 2.65. The van der Waals surface area contributed by atoms with Crippen LogP contribution in [0.15, 0.2) is 60.3 Å². The van der Waals surface area contributed by atoms with Crippen molar-refractivity contribution < 1.29 is 43.6 Å². The van der Waals surface area contributed by atoms with Crippen molar-refractivity contribution in [2.24, 2.45) is 22.9 Å². The van der Waals surface area contributed by atoms with Gasteiger partial charge in [0.25, 0.3) is 0 Å². The first-order chi connectivity index (χ1) is 31.0. The fourth-order valence-corrected chi connectivity index (χ4v) is 9.78. The molecule has 0 aromatic heterocycles. The molecule has 1 aliphatic heterocycles. The molecule has 3 aliphatic rings. The molecule has 0 unspecified atom stereocenters.